The van der Waals surface area contributed by atoms with E-state index in [9.17, 15) is 13.2 Å². The normalized spacial score (nSPS) is 11.6. The number of benzene rings is 2. The molecule has 1 amide bonds. The number of carbonyl (C=O) groups excluding carboxylic acids is 1. The molecule has 1 N–H and O–H groups in total. The predicted molar refractivity (Wildman–Crippen MR) is 104 cm³/mol. The van der Waals surface area contributed by atoms with E-state index in [1.807, 2.05) is 0 Å². The largest absolute Gasteiger partial charge is 0.348 e. The summed E-state index contributed by atoms with van der Waals surface area (Å²) < 4.78 is 26.3. The van der Waals surface area contributed by atoms with Gasteiger partial charge in [0.1, 0.15) is 0 Å². The molecule has 0 fully saturated rings. The first-order chi connectivity index (χ1) is 12.3. The second-order valence-corrected chi connectivity index (χ2v) is 8.30. The first kappa shape index (κ1) is 20.7. The molecule has 0 aliphatic carbocycles. The van der Waals surface area contributed by atoms with Crippen LogP contribution in [0.5, 0.6) is 0 Å². The lowest BCUT2D eigenvalue weighted by atomic mass is 10.2. The molecule has 0 radical (unpaired) electrons. The Hall–Kier alpha value is -1.60. The van der Waals surface area contributed by atoms with Crippen molar-refractivity contribution >= 4 is 39.1 Å². The zero-order valence-corrected chi connectivity index (χ0v) is 16.8. The van der Waals surface area contributed by atoms with E-state index in [1.54, 1.807) is 50.2 Å². The van der Waals surface area contributed by atoms with Crippen molar-refractivity contribution in [2.45, 2.75) is 25.3 Å². The Bertz CT molecular complexity index is 880. The van der Waals surface area contributed by atoms with E-state index in [2.05, 4.69) is 5.32 Å². The maximum absolute atomic E-state index is 12.4. The van der Waals surface area contributed by atoms with Gasteiger partial charge in [-0.25, -0.2) is 8.42 Å². The Kier molecular flexibility index (Phi) is 7.06. The molecule has 0 bridgehead atoms. The lowest BCUT2D eigenvalue weighted by Gasteiger charge is -2.18. The Morgan fingerprint density at radius 1 is 1.00 bits per heavy atom. The first-order valence-corrected chi connectivity index (χ1v) is 10.3. The van der Waals surface area contributed by atoms with Crippen LogP contribution in [0.4, 0.5) is 0 Å². The third kappa shape index (κ3) is 4.76. The second-order valence-electron chi connectivity index (χ2n) is 5.54. The van der Waals surface area contributed by atoms with E-state index in [4.69, 9.17) is 23.2 Å². The molecule has 2 aromatic carbocycles. The zero-order chi connectivity index (χ0) is 19.3. The van der Waals surface area contributed by atoms with Gasteiger partial charge < -0.3 is 5.32 Å². The minimum atomic E-state index is -3.48. The number of amides is 1. The predicted octanol–water partition coefficient (Wildman–Crippen LogP) is 3.95. The van der Waals surface area contributed by atoms with Crippen LogP contribution in [-0.4, -0.2) is 31.7 Å². The number of hydrogen-bond donors (Lipinski definition) is 1. The fourth-order valence-electron chi connectivity index (χ4n) is 2.41. The minimum absolute atomic E-state index is 0.237. The maximum Gasteiger partial charge on any atom is 0.251 e. The molecule has 0 saturated carbocycles. The van der Waals surface area contributed by atoms with Crippen molar-refractivity contribution in [1.82, 2.24) is 9.62 Å². The molecule has 0 spiro atoms. The Labute approximate surface area is 164 Å². The molecule has 0 aliphatic heterocycles. The molecule has 0 unspecified atom stereocenters. The lowest BCUT2D eigenvalue weighted by Crippen LogP contribution is -2.30. The molecule has 0 atom stereocenters. The van der Waals surface area contributed by atoms with Gasteiger partial charge in [-0.15, -0.1) is 0 Å². The molecule has 5 nitrogen and oxygen atoms in total. The van der Waals surface area contributed by atoms with Crippen molar-refractivity contribution in [2.75, 3.05) is 13.1 Å². The third-order valence-corrected chi connectivity index (χ3v) is 6.70. The van der Waals surface area contributed by atoms with E-state index in [0.717, 1.165) is 5.56 Å². The fraction of sp³-hybridized carbons (Fsp3) is 0.278. The van der Waals surface area contributed by atoms with Crippen LogP contribution in [0, 0.1) is 0 Å². The number of hydrogen-bond acceptors (Lipinski definition) is 3. The molecule has 8 heteroatoms. The van der Waals surface area contributed by atoms with Gasteiger partial charge in [-0.05, 0) is 35.9 Å². The molecule has 2 rings (SSSR count). The van der Waals surface area contributed by atoms with E-state index in [-0.39, 0.29) is 17.3 Å². The van der Waals surface area contributed by atoms with Crippen molar-refractivity contribution in [2.24, 2.45) is 0 Å². The standard InChI is InChI=1S/C18H20Cl2N2O3S/c1-3-22(4-2)26(24,25)15-8-5-13(6-9-15)12-21-18(23)14-7-10-16(19)17(20)11-14/h5-11H,3-4,12H2,1-2H3,(H,21,23). The molecule has 0 aliphatic rings. The third-order valence-electron chi connectivity index (χ3n) is 3.90. The van der Waals surface area contributed by atoms with Crippen LogP contribution in [0.25, 0.3) is 0 Å². The Balaban J connectivity index is 2.05. The fourth-order valence-corrected chi connectivity index (χ4v) is 4.17. The average molecular weight is 415 g/mol. The van der Waals surface area contributed by atoms with Crippen molar-refractivity contribution in [1.29, 1.82) is 0 Å². The summed E-state index contributed by atoms with van der Waals surface area (Å²) in [5, 5.41) is 3.46. The summed E-state index contributed by atoms with van der Waals surface area (Å²) in [6.07, 6.45) is 0. The molecule has 2 aromatic rings. The van der Waals surface area contributed by atoms with Gasteiger partial charge in [-0.3, -0.25) is 4.79 Å². The number of rotatable bonds is 7. The van der Waals surface area contributed by atoms with Crippen molar-refractivity contribution in [3.63, 3.8) is 0 Å². The van der Waals surface area contributed by atoms with Gasteiger partial charge in [0.05, 0.1) is 14.9 Å². The smallest absolute Gasteiger partial charge is 0.251 e. The monoisotopic (exact) mass is 414 g/mol. The SMILES string of the molecule is CCN(CC)S(=O)(=O)c1ccc(CNC(=O)c2ccc(Cl)c(Cl)c2)cc1. The number of nitrogens with zero attached hydrogens (tertiary/aromatic N) is 1. The van der Waals surface area contributed by atoms with Gasteiger partial charge >= 0.3 is 0 Å². The first-order valence-electron chi connectivity index (χ1n) is 8.12. The highest BCUT2D eigenvalue weighted by atomic mass is 35.5. The van der Waals surface area contributed by atoms with Crippen LogP contribution < -0.4 is 5.32 Å². The molecule has 140 valence electrons. The summed E-state index contributed by atoms with van der Waals surface area (Å²) in [5.41, 5.74) is 1.19. The number of halogens is 2. The summed E-state index contributed by atoms with van der Waals surface area (Å²) in [4.78, 5) is 12.4. The van der Waals surface area contributed by atoms with Gasteiger partial charge in [0.25, 0.3) is 5.91 Å². The van der Waals surface area contributed by atoms with Crippen LogP contribution in [-0.2, 0) is 16.6 Å². The average Bonchev–Trinajstić information content (AvgIpc) is 2.63. The van der Waals surface area contributed by atoms with Crippen LogP contribution >= 0.6 is 23.2 Å². The Morgan fingerprint density at radius 2 is 1.62 bits per heavy atom. The van der Waals surface area contributed by atoms with Crippen LogP contribution in [0.2, 0.25) is 10.0 Å². The number of nitrogens with one attached hydrogen (secondary N) is 1. The highest BCUT2D eigenvalue weighted by molar-refractivity contribution is 7.89. The number of carbonyl (C=O) groups is 1. The highest BCUT2D eigenvalue weighted by Gasteiger charge is 2.21. The topological polar surface area (TPSA) is 66.5 Å². The summed E-state index contributed by atoms with van der Waals surface area (Å²) in [6.45, 7) is 4.70. The van der Waals surface area contributed by atoms with Gasteiger partial charge in [0, 0.05) is 25.2 Å². The van der Waals surface area contributed by atoms with Gasteiger partial charge in [-0.1, -0.05) is 49.2 Å². The van der Waals surface area contributed by atoms with E-state index < -0.39 is 10.0 Å². The maximum atomic E-state index is 12.4. The second kappa shape index (κ2) is 8.86. The van der Waals surface area contributed by atoms with Crippen molar-refractivity contribution < 1.29 is 13.2 Å². The van der Waals surface area contributed by atoms with Gasteiger partial charge in [0.2, 0.25) is 10.0 Å². The Morgan fingerprint density at radius 3 is 2.15 bits per heavy atom. The quantitative estimate of drug-likeness (QED) is 0.745. The lowest BCUT2D eigenvalue weighted by molar-refractivity contribution is 0.0951. The molecule has 0 saturated heterocycles. The molecular weight excluding hydrogens is 395 g/mol. The van der Waals surface area contributed by atoms with E-state index in [0.29, 0.717) is 28.7 Å². The van der Waals surface area contributed by atoms with Crippen molar-refractivity contribution in [3.8, 4) is 0 Å². The minimum Gasteiger partial charge on any atom is -0.348 e. The summed E-state index contributed by atoms with van der Waals surface area (Å²) in [7, 11) is -3.48. The van der Waals surface area contributed by atoms with Crippen LogP contribution in [0.1, 0.15) is 29.8 Å². The summed E-state index contributed by atoms with van der Waals surface area (Å²) >= 11 is 11.7. The van der Waals surface area contributed by atoms with Gasteiger partial charge in [-0.2, -0.15) is 4.31 Å². The summed E-state index contributed by atoms with van der Waals surface area (Å²) in [6, 6.07) is 11.1. The molecule has 26 heavy (non-hydrogen) atoms. The zero-order valence-electron chi connectivity index (χ0n) is 14.5. The highest BCUT2D eigenvalue weighted by Crippen LogP contribution is 2.22. The van der Waals surface area contributed by atoms with Crippen molar-refractivity contribution in [3.05, 3.63) is 63.6 Å². The summed E-state index contributed by atoms with van der Waals surface area (Å²) in [5.74, 6) is -0.289. The van der Waals surface area contributed by atoms with E-state index >= 15 is 0 Å². The molecule has 0 aromatic heterocycles. The van der Waals surface area contributed by atoms with Gasteiger partial charge in [0.15, 0.2) is 0 Å². The number of sulfonamides is 1. The van der Waals surface area contributed by atoms with Crippen LogP contribution in [0.3, 0.4) is 0 Å². The molecule has 0 heterocycles. The molecular formula is C18H20Cl2N2O3S. The van der Waals surface area contributed by atoms with E-state index in [1.165, 1.54) is 10.4 Å². The van der Waals surface area contributed by atoms with Crippen LogP contribution in [0.15, 0.2) is 47.4 Å².